The van der Waals surface area contributed by atoms with Crippen molar-refractivity contribution in [1.29, 1.82) is 0 Å². The maximum atomic E-state index is 12.6. The molecule has 136 valence electrons. The predicted molar refractivity (Wildman–Crippen MR) is 106 cm³/mol. The lowest BCUT2D eigenvalue weighted by Crippen LogP contribution is -2.12. The van der Waals surface area contributed by atoms with Gasteiger partial charge in [0.2, 0.25) is 0 Å². The summed E-state index contributed by atoms with van der Waals surface area (Å²) >= 11 is 1.47. The summed E-state index contributed by atoms with van der Waals surface area (Å²) < 4.78 is 12.2. The molecule has 2 aromatic carbocycles. The minimum Gasteiger partial charge on any atom is -0.490 e. The minimum atomic E-state index is -0.221. The van der Waals surface area contributed by atoms with Crippen molar-refractivity contribution in [3.8, 4) is 11.5 Å². The fourth-order valence-electron chi connectivity index (χ4n) is 2.60. The number of hydrogen-bond donors (Lipinski definition) is 1. The van der Waals surface area contributed by atoms with Gasteiger partial charge < -0.3 is 9.47 Å². The second kappa shape index (κ2) is 7.74. The largest absolute Gasteiger partial charge is 0.490 e. The van der Waals surface area contributed by atoms with Gasteiger partial charge in [0.05, 0.1) is 23.4 Å². The number of fused-ring (bicyclic) bond motifs is 1. The Morgan fingerprint density at radius 2 is 1.73 bits per heavy atom. The summed E-state index contributed by atoms with van der Waals surface area (Å²) in [4.78, 5) is 17.1. The van der Waals surface area contributed by atoms with E-state index in [1.54, 1.807) is 18.2 Å². The third-order valence-electron chi connectivity index (χ3n) is 4.03. The molecular formula is C20H22N2O3S. The van der Waals surface area contributed by atoms with Crippen LogP contribution in [-0.2, 0) is 0 Å². The Morgan fingerprint density at radius 3 is 2.46 bits per heavy atom. The van der Waals surface area contributed by atoms with Gasteiger partial charge in [-0.15, -0.1) is 0 Å². The number of amides is 1. The normalized spacial score (nSPS) is 10.8. The number of thiazole rings is 1. The van der Waals surface area contributed by atoms with E-state index in [0.717, 1.165) is 10.2 Å². The van der Waals surface area contributed by atoms with E-state index < -0.39 is 0 Å². The molecule has 1 amide bonds. The Labute approximate surface area is 157 Å². The molecule has 1 aromatic heterocycles. The molecule has 1 heterocycles. The topological polar surface area (TPSA) is 60.5 Å². The summed E-state index contributed by atoms with van der Waals surface area (Å²) in [6.07, 6.45) is 0. The molecule has 5 nitrogen and oxygen atoms in total. The number of carbonyl (C=O) groups excluding carboxylic acids is 1. The number of aromatic nitrogens is 1. The average Bonchev–Trinajstić information content (AvgIpc) is 2.98. The van der Waals surface area contributed by atoms with E-state index >= 15 is 0 Å². The van der Waals surface area contributed by atoms with E-state index in [4.69, 9.17) is 9.47 Å². The van der Waals surface area contributed by atoms with E-state index in [1.165, 1.54) is 22.5 Å². The molecule has 3 rings (SSSR count). The summed E-state index contributed by atoms with van der Waals surface area (Å²) in [6, 6.07) is 9.33. The maximum Gasteiger partial charge on any atom is 0.257 e. The summed E-state index contributed by atoms with van der Waals surface area (Å²) in [7, 11) is 0. The van der Waals surface area contributed by atoms with Gasteiger partial charge in [0.1, 0.15) is 0 Å². The molecule has 0 spiro atoms. The van der Waals surface area contributed by atoms with Crippen molar-refractivity contribution in [3.05, 3.63) is 47.0 Å². The highest BCUT2D eigenvalue weighted by atomic mass is 32.1. The van der Waals surface area contributed by atoms with Gasteiger partial charge in [0.15, 0.2) is 16.6 Å². The van der Waals surface area contributed by atoms with E-state index in [-0.39, 0.29) is 5.91 Å². The molecule has 0 bridgehead atoms. The van der Waals surface area contributed by atoms with Crippen molar-refractivity contribution < 1.29 is 14.3 Å². The average molecular weight is 370 g/mol. The number of ether oxygens (including phenoxy) is 2. The monoisotopic (exact) mass is 370 g/mol. The standard InChI is InChI=1S/C20H22N2O3S/c1-5-24-16-8-7-14(11-17(16)25-6-2)19(23)22-20-21-15-9-12(3)13(4)10-18(15)26-20/h7-11H,5-6H2,1-4H3,(H,21,22,23). The molecule has 1 N–H and O–H groups in total. The first-order chi connectivity index (χ1) is 12.5. The lowest BCUT2D eigenvalue weighted by atomic mass is 10.1. The van der Waals surface area contributed by atoms with Crippen LogP contribution in [0.3, 0.4) is 0 Å². The quantitative estimate of drug-likeness (QED) is 0.666. The molecule has 0 aliphatic heterocycles. The van der Waals surface area contributed by atoms with Gasteiger partial charge in [-0.2, -0.15) is 0 Å². The van der Waals surface area contributed by atoms with Crippen molar-refractivity contribution in [2.24, 2.45) is 0 Å². The number of benzene rings is 2. The molecule has 0 unspecified atom stereocenters. The molecule has 0 saturated carbocycles. The maximum absolute atomic E-state index is 12.6. The third-order valence-corrected chi connectivity index (χ3v) is 4.96. The van der Waals surface area contributed by atoms with Crippen molar-refractivity contribution in [3.63, 3.8) is 0 Å². The molecule has 0 fully saturated rings. The van der Waals surface area contributed by atoms with Crippen LogP contribution in [0.15, 0.2) is 30.3 Å². The summed E-state index contributed by atoms with van der Waals surface area (Å²) in [5.74, 6) is 0.982. The van der Waals surface area contributed by atoms with Gasteiger partial charge in [0.25, 0.3) is 5.91 Å². The summed E-state index contributed by atoms with van der Waals surface area (Å²) in [5.41, 5.74) is 3.80. The number of nitrogens with zero attached hydrogens (tertiary/aromatic N) is 1. The molecule has 0 aliphatic carbocycles. The van der Waals surface area contributed by atoms with E-state index in [9.17, 15) is 4.79 Å². The fraction of sp³-hybridized carbons (Fsp3) is 0.300. The Balaban J connectivity index is 1.84. The number of aryl methyl sites for hydroxylation is 2. The molecule has 26 heavy (non-hydrogen) atoms. The Kier molecular flexibility index (Phi) is 5.42. The number of hydrogen-bond acceptors (Lipinski definition) is 5. The molecule has 0 radical (unpaired) electrons. The van der Waals surface area contributed by atoms with Gasteiger partial charge in [-0.05, 0) is 69.2 Å². The van der Waals surface area contributed by atoms with Crippen molar-refractivity contribution in [1.82, 2.24) is 4.98 Å². The molecule has 3 aromatic rings. The first-order valence-corrected chi connectivity index (χ1v) is 9.42. The number of nitrogens with one attached hydrogen (secondary N) is 1. The smallest absolute Gasteiger partial charge is 0.257 e. The molecule has 0 aliphatic rings. The number of anilines is 1. The van der Waals surface area contributed by atoms with Gasteiger partial charge in [-0.3, -0.25) is 10.1 Å². The van der Waals surface area contributed by atoms with Crippen molar-refractivity contribution in [2.75, 3.05) is 18.5 Å². The number of rotatable bonds is 6. The lowest BCUT2D eigenvalue weighted by molar-refractivity contribution is 0.102. The van der Waals surface area contributed by atoms with Crippen LogP contribution in [0.25, 0.3) is 10.2 Å². The van der Waals surface area contributed by atoms with E-state index in [0.29, 0.717) is 35.4 Å². The highest BCUT2D eigenvalue weighted by Gasteiger charge is 2.14. The van der Waals surface area contributed by atoms with Crippen LogP contribution in [0.2, 0.25) is 0 Å². The van der Waals surface area contributed by atoms with Crippen LogP contribution >= 0.6 is 11.3 Å². The predicted octanol–water partition coefficient (Wildman–Crippen LogP) is 4.96. The van der Waals surface area contributed by atoms with Crippen LogP contribution in [0.5, 0.6) is 11.5 Å². The SMILES string of the molecule is CCOc1ccc(C(=O)Nc2nc3cc(C)c(C)cc3s2)cc1OCC. The van der Waals surface area contributed by atoms with Crippen molar-refractivity contribution >= 4 is 32.6 Å². The second-order valence-corrected chi connectivity index (χ2v) is 6.94. The summed E-state index contributed by atoms with van der Waals surface area (Å²) in [5, 5.41) is 3.46. The van der Waals surface area contributed by atoms with Crippen LogP contribution in [0, 0.1) is 13.8 Å². The molecule has 0 atom stereocenters. The first kappa shape index (κ1) is 18.2. The zero-order valence-corrected chi connectivity index (χ0v) is 16.2. The number of carbonyl (C=O) groups is 1. The fourth-order valence-corrected chi connectivity index (χ4v) is 3.54. The van der Waals surface area contributed by atoms with Crippen LogP contribution < -0.4 is 14.8 Å². The zero-order chi connectivity index (χ0) is 18.7. The van der Waals surface area contributed by atoms with E-state index in [1.807, 2.05) is 19.9 Å². The highest BCUT2D eigenvalue weighted by molar-refractivity contribution is 7.22. The van der Waals surface area contributed by atoms with Gasteiger partial charge in [-0.1, -0.05) is 11.3 Å². The third kappa shape index (κ3) is 3.80. The van der Waals surface area contributed by atoms with Gasteiger partial charge >= 0.3 is 0 Å². The lowest BCUT2D eigenvalue weighted by Gasteiger charge is -2.12. The van der Waals surface area contributed by atoms with Crippen molar-refractivity contribution in [2.45, 2.75) is 27.7 Å². The molecule has 6 heteroatoms. The highest BCUT2D eigenvalue weighted by Crippen LogP contribution is 2.31. The Hall–Kier alpha value is -2.60. The summed E-state index contributed by atoms with van der Waals surface area (Å²) in [6.45, 7) is 8.97. The first-order valence-electron chi connectivity index (χ1n) is 8.60. The zero-order valence-electron chi connectivity index (χ0n) is 15.4. The van der Waals surface area contributed by atoms with Crippen LogP contribution in [0.1, 0.15) is 35.3 Å². The minimum absolute atomic E-state index is 0.221. The second-order valence-electron chi connectivity index (χ2n) is 5.90. The molecule has 0 saturated heterocycles. The van der Waals surface area contributed by atoms with Crippen LogP contribution in [-0.4, -0.2) is 24.1 Å². The van der Waals surface area contributed by atoms with E-state index in [2.05, 4.69) is 30.2 Å². The Bertz CT molecular complexity index is 911. The molecular weight excluding hydrogens is 348 g/mol. The van der Waals surface area contributed by atoms with Crippen LogP contribution in [0.4, 0.5) is 5.13 Å². The Morgan fingerprint density at radius 1 is 1.04 bits per heavy atom. The van der Waals surface area contributed by atoms with Gasteiger partial charge in [0, 0.05) is 5.56 Å². The van der Waals surface area contributed by atoms with Gasteiger partial charge in [-0.25, -0.2) is 4.98 Å².